The number of imidazole rings is 2. The highest BCUT2D eigenvalue weighted by atomic mass is 32.1. The summed E-state index contributed by atoms with van der Waals surface area (Å²) in [5.41, 5.74) is 5.72. The van der Waals surface area contributed by atoms with Gasteiger partial charge in [-0.25, -0.2) is 4.98 Å². The molecule has 0 fully saturated rings. The van der Waals surface area contributed by atoms with Crippen LogP contribution in [0.2, 0.25) is 1.41 Å². The lowest BCUT2D eigenvalue weighted by molar-refractivity contribution is 1.28. The van der Waals surface area contributed by atoms with Gasteiger partial charge in [0.1, 0.15) is 0 Å². The van der Waals surface area contributed by atoms with Gasteiger partial charge in [-0.3, -0.25) is 9.38 Å². The summed E-state index contributed by atoms with van der Waals surface area (Å²) >= 11 is 1.78. The van der Waals surface area contributed by atoms with Crippen molar-refractivity contribution < 1.29 is 1.41 Å². The van der Waals surface area contributed by atoms with Crippen molar-refractivity contribution in [2.24, 2.45) is 0 Å². The molecule has 0 amide bonds. The van der Waals surface area contributed by atoms with Gasteiger partial charge in [0, 0.05) is 27.2 Å². The fourth-order valence-corrected chi connectivity index (χ4v) is 5.44. The van der Waals surface area contributed by atoms with Gasteiger partial charge in [-0.05, 0) is 36.4 Å². The van der Waals surface area contributed by atoms with E-state index in [1.54, 1.807) is 11.3 Å². The molecule has 29 heavy (non-hydrogen) atoms. The molecule has 0 saturated heterocycles. The number of rotatable bonds is 1. The second-order valence-corrected chi connectivity index (χ2v) is 8.24. The first kappa shape index (κ1) is 14.3. The monoisotopic (exact) mass is 391 g/mol. The normalized spacial score (nSPS) is 12.6. The van der Waals surface area contributed by atoms with Crippen LogP contribution in [0.25, 0.3) is 59.3 Å². The standard InChI is InChI=1S/C24H14N4S/c1-4-8-21-15(5-1)16-11-12-25-22(23(16)29-21)14-9-10-18-20(13-14)28-19-7-3-2-6-17(19)26-24(28)27-18/h1-13H,(H,26,27)/i/hD. The van der Waals surface area contributed by atoms with Crippen LogP contribution in [0.3, 0.4) is 0 Å². The number of pyridine rings is 1. The quantitative estimate of drug-likeness (QED) is 0.352. The van der Waals surface area contributed by atoms with Crippen molar-refractivity contribution in [1.29, 1.82) is 0 Å². The third kappa shape index (κ3) is 2.02. The summed E-state index contributed by atoms with van der Waals surface area (Å²) in [6.45, 7) is 0. The van der Waals surface area contributed by atoms with Crippen LogP contribution in [0.5, 0.6) is 0 Å². The topological polar surface area (TPSA) is 46.0 Å². The van der Waals surface area contributed by atoms with E-state index in [4.69, 9.17) is 6.40 Å². The van der Waals surface area contributed by atoms with E-state index >= 15 is 0 Å². The predicted molar refractivity (Wildman–Crippen MR) is 121 cm³/mol. The first-order chi connectivity index (χ1) is 14.8. The predicted octanol–water partition coefficient (Wildman–Crippen LogP) is 6.40. The van der Waals surface area contributed by atoms with Crippen molar-refractivity contribution in [2.45, 2.75) is 0 Å². The maximum atomic E-state index is 8.54. The Balaban J connectivity index is 1.58. The van der Waals surface area contributed by atoms with Gasteiger partial charge in [0.25, 0.3) is 0 Å². The van der Waals surface area contributed by atoms with E-state index in [1.807, 2.05) is 36.5 Å². The molecule has 0 spiro atoms. The van der Waals surface area contributed by atoms with Gasteiger partial charge >= 0.3 is 0 Å². The summed E-state index contributed by atoms with van der Waals surface area (Å²) in [4.78, 5) is 10.8. The lowest BCUT2D eigenvalue weighted by Gasteiger charge is -2.03. The molecule has 1 N–H and O–H groups in total. The van der Waals surface area contributed by atoms with Crippen LogP contribution in [0.1, 0.15) is 0 Å². The van der Waals surface area contributed by atoms with Crippen molar-refractivity contribution in [3.8, 4) is 11.3 Å². The van der Waals surface area contributed by atoms with Gasteiger partial charge in [0.2, 0.25) is 5.78 Å². The first-order valence-electron chi connectivity index (χ1n) is 9.92. The number of fused-ring (bicyclic) bond motifs is 8. The van der Waals surface area contributed by atoms with E-state index < -0.39 is 0 Å². The lowest BCUT2D eigenvalue weighted by atomic mass is 10.1. The molecule has 5 heteroatoms. The molecule has 0 radical (unpaired) electrons. The smallest absolute Gasteiger partial charge is 0.213 e. The molecule has 0 aliphatic heterocycles. The Labute approximate surface area is 170 Å². The summed E-state index contributed by atoms with van der Waals surface area (Å²) in [6, 6.07) is 24.8. The fraction of sp³-hybridized carbons (Fsp3) is 0. The third-order valence-electron chi connectivity index (χ3n) is 5.55. The highest BCUT2D eigenvalue weighted by molar-refractivity contribution is 7.26. The Bertz CT molecular complexity index is 1770. The van der Waals surface area contributed by atoms with Gasteiger partial charge in [0.05, 0.1) is 32.5 Å². The first-order valence-corrected chi connectivity index (χ1v) is 10.3. The molecule has 7 aromatic rings. The number of thiophene rings is 1. The molecule has 4 nitrogen and oxygen atoms in total. The van der Waals surface area contributed by atoms with Crippen LogP contribution in [-0.2, 0) is 0 Å². The minimum Gasteiger partial charge on any atom is -0.323 e. The number of hydrogen-bond acceptors (Lipinski definition) is 3. The van der Waals surface area contributed by atoms with E-state index in [-0.39, 0.29) is 0 Å². The average molecular weight is 391 g/mol. The van der Waals surface area contributed by atoms with E-state index in [1.165, 1.54) is 25.1 Å². The summed E-state index contributed by atoms with van der Waals surface area (Å²) < 4.78 is 13.1. The number of hydrogen-bond donors (Lipinski definition) is 1. The van der Waals surface area contributed by atoms with Crippen LogP contribution in [0.15, 0.2) is 79.0 Å². The molecule has 0 atom stereocenters. The van der Waals surface area contributed by atoms with E-state index in [0.717, 1.165) is 33.3 Å². The zero-order valence-corrected chi connectivity index (χ0v) is 16.0. The highest BCUT2D eigenvalue weighted by Crippen LogP contribution is 2.39. The van der Waals surface area contributed by atoms with Crippen molar-refractivity contribution >= 4 is 59.4 Å². The van der Waals surface area contributed by atoms with Gasteiger partial charge in [-0.2, -0.15) is 0 Å². The molecular weight excluding hydrogens is 376 g/mol. The van der Waals surface area contributed by atoms with Crippen molar-refractivity contribution in [1.82, 2.24) is 19.3 Å². The number of nitrogens with one attached hydrogen (secondary N) is 1. The molecular formula is C24H14N4S. The fourth-order valence-electron chi connectivity index (χ4n) is 4.24. The zero-order chi connectivity index (χ0) is 19.8. The Hall–Kier alpha value is -3.70. The van der Waals surface area contributed by atoms with Crippen LogP contribution in [-0.4, -0.2) is 19.3 Å². The van der Waals surface area contributed by atoms with E-state index in [2.05, 4.69) is 51.8 Å². The maximum absolute atomic E-state index is 8.54. The molecule has 0 aliphatic rings. The number of nitrogens with zero attached hydrogens (tertiary/aromatic N) is 3. The third-order valence-corrected chi connectivity index (χ3v) is 6.74. The maximum Gasteiger partial charge on any atom is 0.213 e. The molecule has 7 rings (SSSR count). The van der Waals surface area contributed by atoms with E-state index in [0.29, 0.717) is 5.78 Å². The van der Waals surface area contributed by atoms with Crippen molar-refractivity contribution in [3.63, 3.8) is 0 Å². The van der Waals surface area contributed by atoms with Crippen LogP contribution >= 0.6 is 11.3 Å². The number of H-pyrrole nitrogens is 1. The molecule has 4 aromatic heterocycles. The van der Waals surface area contributed by atoms with Crippen molar-refractivity contribution in [2.75, 3.05) is 0 Å². The highest BCUT2D eigenvalue weighted by Gasteiger charge is 2.14. The summed E-state index contributed by atoms with van der Waals surface area (Å²) in [7, 11) is 0. The second kappa shape index (κ2) is 5.43. The average Bonchev–Trinajstić information content (AvgIpc) is 3.44. The Kier molecular flexibility index (Phi) is 2.68. The number of benzene rings is 3. The zero-order valence-electron chi connectivity index (χ0n) is 16.2. The molecule has 0 bridgehead atoms. The number of para-hydroxylation sites is 2. The number of aromatic amines is 1. The Morgan fingerprint density at radius 2 is 1.79 bits per heavy atom. The summed E-state index contributed by atoms with van der Waals surface area (Å²) in [5.74, 6) is 0.622. The van der Waals surface area contributed by atoms with Gasteiger partial charge in [-0.1, -0.05) is 36.4 Å². The second-order valence-electron chi connectivity index (χ2n) is 7.19. The number of aromatic nitrogens is 4. The lowest BCUT2D eigenvalue weighted by Crippen LogP contribution is -1.85. The summed E-state index contributed by atoms with van der Waals surface area (Å²) in [6.07, 6.45) is 1.89. The molecule has 0 saturated carbocycles. The Morgan fingerprint density at radius 1 is 0.897 bits per heavy atom. The minimum absolute atomic E-state index is 0.622. The molecule has 0 aliphatic carbocycles. The summed E-state index contributed by atoms with van der Waals surface area (Å²) in [5, 5.41) is 2.50. The van der Waals surface area contributed by atoms with Gasteiger partial charge < -0.3 is 4.98 Å². The van der Waals surface area contributed by atoms with Gasteiger partial charge in [0.15, 0.2) is 1.41 Å². The van der Waals surface area contributed by atoms with Crippen LogP contribution in [0.4, 0.5) is 0 Å². The molecule has 0 unspecified atom stereocenters. The van der Waals surface area contributed by atoms with Gasteiger partial charge in [-0.15, -0.1) is 11.3 Å². The minimum atomic E-state index is 0.622. The molecule has 3 aromatic carbocycles. The van der Waals surface area contributed by atoms with Crippen LogP contribution in [0, 0.1) is 0 Å². The van der Waals surface area contributed by atoms with Crippen LogP contribution < -0.4 is 0 Å². The SMILES string of the molecule is [2H]n1c2ccc(-c3nccc4c3sc3ccccc34)cc2n2c3ccccc3nc12. The largest absolute Gasteiger partial charge is 0.323 e. The Morgan fingerprint density at radius 3 is 2.79 bits per heavy atom. The molecule has 4 heterocycles. The van der Waals surface area contributed by atoms with Crippen molar-refractivity contribution in [3.05, 3.63) is 79.0 Å². The molecule has 136 valence electrons. The van der Waals surface area contributed by atoms with E-state index in [9.17, 15) is 0 Å².